The molecule has 242 valence electrons. The smallest absolute Gasteiger partial charge is 0.319 e. The van der Waals surface area contributed by atoms with Gasteiger partial charge in [0.25, 0.3) is 5.91 Å². The zero-order valence-electron chi connectivity index (χ0n) is 25.2. The van der Waals surface area contributed by atoms with Crippen LogP contribution in [0.2, 0.25) is 0 Å². The molecule has 0 radical (unpaired) electrons. The van der Waals surface area contributed by atoms with Crippen molar-refractivity contribution in [2.45, 2.75) is 51.6 Å². The van der Waals surface area contributed by atoms with E-state index in [1.807, 2.05) is 6.07 Å². The first kappa shape index (κ1) is 33.6. The van der Waals surface area contributed by atoms with E-state index in [1.54, 1.807) is 36.5 Å². The summed E-state index contributed by atoms with van der Waals surface area (Å²) in [6.07, 6.45) is 7.16. The van der Waals surface area contributed by atoms with E-state index in [2.05, 4.69) is 32.2 Å². The van der Waals surface area contributed by atoms with Crippen molar-refractivity contribution in [3.8, 4) is 11.6 Å². The fraction of sp³-hybridized carbons (Fsp3) is 0.387. The quantitative estimate of drug-likeness (QED) is 0.199. The van der Waals surface area contributed by atoms with Gasteiger partial charge in [0.15, 0.2) is 0 Å². The van der Waals surface area contributed by atoms with Crippen LogP contribution in [0, 0.1) is 17.6 Å². The number of ether oxygens (including phenoxy) is 1. The van der Waals surface area contributed by atoms with Crippen LogP contribution in [0.3, 0.4) is 0 Å². The number of halogens is 2. The Morgan fingerprint density at radius 1 is 1.09 bits per heavy atom. The average molecular weight is 645 g/mol. The van der Waals surface area contributed by atoms with Crippen molar-refractivity contribution in [2.24, 2.45) is 11.7 Å². The number of hydrogen-bond acceptors (Lipinski definition) is 7. The van der Waals surface area contributed by atoms with Gasteiger partial charge in [-0.2, -0.15) is 0 Å². The normalized spacial score (nSPS) is 14.8. The van der Waals surface area contributed by atoms with Gasteiger partial charge in [0.2, 0.25) is 15.9 Å². The fourth-order valence-corrected chi connectivity index (χ4v) is 5.84. The van der Waals surface area contributed by atoms with Crippen LogP contribution in [-0.2, 0) is 16.6 Å². The molecule has 1 fully saturated rings. The number of hydrogen-bond donors (Lipinski definition) is 4. The Kier molecular flexibility index (Phi) is 11.3. The van der Waals surface area contributed by atoms with Crippen LogP contribution in [0.4, 0.5) is 25.0 Å². The van der Waals surface area contributed by atoms with Crippen molar-refractivity contribution in [2.75, 3.05) is 29.4 Å². The van der Waals surface area contributed by atoms with E-state index in [9.17, 15) is 26.8 Å². The highest BCUT2D eigenvalue weighted by Crippen LogP contribution is 2.27. The number of aromatic nitrogens is 1. The van der Waals surface area contributed by atoms with Gasteiger partial charge >= 0.3 is 6.03 Å². The van der Waals surface area contributed by atoms with Crippen LogP contribution in [0.5, 0.6) is 11.6 Å². The summed E-state index contributed by atoms with van der Waals surface area (Å²) in [5, 5.41) is 5.36. The minimum absolute atomic E-state index is 0.138. The molecule has 1 atom stereocenters. The van der Waals surface area contributed by atoms with Gasteiger partial charge in [-0.1, -0.05) is 25.8 Å². The number of sulfonamides is 1. The second-order valence-electron chi connectivity index (χ2n) is 11.1. The molecular weight excluding hydrogens is 606 g/mol. The molecular formula is C31H38F2N6O5S. The van der Waals surface area contributed by atoms with E-state index in [4.69, 9.17) is 10.5 Å². The van der Waals surface area contributed by atoms with Crippen LogP contribution >= 0.6 is 0 Å². The molecule has 0 aliphatic carbocycles. The SMILES string of the molecule is CCCCC(NC(=O)Nc1cc(C(N)=O)c(F)cc1F)C1CCN(Cc2ccc(Oc3ccc(NS(C)(=O)=O)cc3)nc2)CC1. The molecule has 2 aromatic carbocycles. The predicted molar refractivity (Wildman–Crippen MR) is 168 cm³/mol. The second kappa shape index (κ2) is 15.1. The van der Waals surface area contributed by atoms with Crippen LogP contribution in [-0.4, -0.2) is 55.6 Å². The number of rotatable bonds is 13. The summed E-state index contributed by atoms with van der Waals surface area (Å²) >= 11 is 0. The standard InChI is InChI=1S/C31H38F2N6O5S/c1-3-4-5-27(36-31(41)37-28-16-24(30(34)40)25(32)17-26(28)33)21-12-14-39(15-13-21)19-20-6-11-29(35-18-20)44-23-9-7-22(8-10-23)38-45(2,42)43/h6-11,16-18,21,27,38H,3-5,12-15,19H2,1-2H3,(H2,34,40)(H2,36,37,41). The number of anilines is 2. The monoisotopic (exact) mass is 644 g/mol. The predicted octanol–water partition coefficient (Wildman–Crippen LogP) is 5.22. The number of nitrogens with zero attached hydrogens (tertiary/aromatic N) is 2. The Bertz CT molecular complexity index is 1580. The van der Waals surface area contributed by atoms with E-state index in [-0.39, 0.29) is 17.6 Å². The number of carbonyl (C=O) groups is 2. The number of carbonyl (C=O) groups excluding carboxylic acids is 2. The van der Waals surface area contributed by atoms with E-state index in [1.165, 1.54) is 0 Å². The number of nitrogens with two attached hydrogens (primary N) is 1. The summed E-state index contributed by atoms with van der Waals surface area (Å²) in [6.45, 7) is 4.40. The highest BCUT2D eigenvalue weighted by molar-refractivity contribution is 7.92. The highest BCUT2D eigenvalue weighted by Gasteiger charge is 2.28. The maximum atomic E-state index is 14.3. The third kappa shape index (κ3) is 10.1. The number of benzene rings is 2. The summed E-state index contributed by atoms with van der Waals surface area (Å²) < 4.78 is 59.0. The number of amides is 3. The molecule has 0 bridgehead atoms. The molecule has 0 saturated carbocycles. The zero-order valence-corrected chi connectivity index (χ0v) is 26.0. The number of urea groups is 1. The Morgan fingerprint density at radius 2 is 1.80 bits per heavy atom. The minimum Gasteiger partial charge on any atom is -0.439 e. The Labute approximate surface area is 261 Å². The molecule has 11 nitrogen and oxygen atoms in total. The first-order chi connectivity index (χ1) is 21.4. The molecule has 4 rings (SSSR count). The topological polar surface area (TPSA) is 156 Å². The third-order valence-electron chi connectivity index (χ3n) is 7.54. The van der Waals surface area contributed by atoms with Crippen LogP contribution < -0.4 is 25.8 Å². The van der Waals surface area contributed by atoms with E-state index >= 15 is 0 Å². The lowest BCUT2D eigenvalue weighted by Crippen LogP contribution is -2.46. The molecule has 2 heterocycles. The zero-order chi connectivity index (χ0) is 32.6. The van der Waals surface area contributed by atoms with Gasteiger partial charge in [-0.25, -0.2) is 27.0 Å². The number of nitrogens with one attached hydrogen (secondary N) is 3. The number of piperidine rings is 1. The number of pyridine rings is 1. The number of unbranched alkanes of at least 4 members (excludes halogenated alkanes) is 1. The molecule has 1 saturated heterocycles. The maximum absolute atomic E-state index is 14.3. The molecule has 3 aromatic rings. The summed E-state index contributed by atoms with van der Waals surface area (Å²) in [7, 11) is -3.36. The van der Waals surface area contributed by atoms with Gasteiger partial charge in [-0.3, -0.25) is 14.4 Å². The highest BCUT2D eigenvalue weighted by atomic mass is 32.2. The van der Waals surface area contributed by atoms with Gasteiger partial charge < -0.3 is 21.1 Å². The number of primary amides is 1. The Hall–Kier alpha value is -4.30. The summed E-state index contributed by atoms with van der Waals surface area (Å²) in [6, 6.07) is 10.9. The van der Waals surface area contributed by atoms with Gasteiger partial charge in [-0.05, 0) is 74.2 Å². The Morgan fingerprint density at radius 3 is 2.40 bits per heavy atom. The summed E-state index contributed by atoms with van der Waals surface area (Å²) in [5.74, 6) is -2.00. The Balaban J connectivity index is 1.28. The number of likely N-dealkylation sites (tertiary alicyclic amines) is 1. The van der Waals surface area contributed by atoms with Crippen molar-refractivity contribution in [1.29, 1.82) is 0 Å². The molecule has 3 amide bonds. The average Bonchev–Trinajstić information content (AvgIpc) is 2.98. The lowest BCUT2D eigenvalue weighted by Gasteiger charge is -2.36. The molecule has 1 aliphatic heterocycles. The van der Waals surface area contributed by atoms with Gasteiger partial charge in [0, 0.05) is 36.6 Å². The molecule has 1 aromatic heterocycles. The van der Waals surface area contributed by atoms with E-state index in [0.717, 1.165) is 63.1 Å². The minimum atomic E-state index is -3.36. The maximum Gasteiger partial charge on any atom is 0.319 e. The fourth-order valence-electron chi connectivity index (χ4n) is 5.27. The molecule has 5 N–H and O–H groups in total. The van der Waals surface area contributed by atoms with Crippen molar-refractivity contribution >= 4 is 33.3 Å². The van der Waals surface area contributed by atoms with Crippen molar-refractivity contribution < 1.29 is 31.5 Å². The molecule has 0 spiro atoms. The van der Waals surface area contributed by atoms with Crippen LogP contribution in [0.1, 0.15) is 54.9 Å². The third-order valence-corrected chi connectivity index (χ3v) is 8.15. The van der Waals surface area contributed by atoms with Gasteiger partial charge in [-0.15, -0.1) is 0 Å². The first-order valence-corrected chi connectivity index (χ1v) is 16.6. The lowest BCUT2D eigenvalue weighted by molar-refractivity contribution is 0.0996. The van der Waals surface area contributed by atoms with Crippen LogP contribution in [0.25, 0.3) is 0 Å². The van der Waals surface area contributed by atoms with Gasteiger partial charge in [0.1, 0.15) is 17.4 Å². The molecule has 1 unspecified atom stereocenters. The van der Waals surface area contributed by atoms with Crippen molar-refractivity contribution in [1.82, 2.24) is 15.2 Å². The lowest BCUT2D eigenvalue weighted by atomic mass is 9.86. The molecule has 45 heavy (non-hydrogen) atoms. The van der Waals surface area contributed by atoms with Crippen molar-refractivity contribution in [3.63, 3.8) is 0 Å². The first-order valence-electron chi connectivity index (χ1n) is 14.7. The van der Waals surface area contributed by atoms with Crippen LogP contribution in [0.15, 0.2) is 54.7 Å². The summed E-state index contributed by atoms with van der Waals surface area (Å²) in [5.41, 5.74) is 5.78. The van der Waals surface area contributed by atoms with E-state index in [0.29, 0.717) is 29.9 Å². The molecule has 14 heteroatoms. The van der Waals surface area contributed by atoms with Crippen molar-refractivity contribution in [3.05, 3.63) is 77.5 Å². The molecule has 1 aliphatic rings. The van der Waals surface area contributed by atoms with E-state index < -0.39 is 39.2 Å². The largest absolute Gasteiger partial charge is 0.439 e. The second-order valence-corrected chi connectivity index (χ2v) is 12.9. The van der Waals surface area contributed by atoms with Gasteiger partial charge in [0.05, 0.1) is 17.5 Å². The summed E-state index contributed by atoms with van der Waals surface area (Å²) in [4.78, 5) is 31.0.